The van der Waals surface area contributed by atoms with Gasteiger partial charge in [0.15, 0.2) is 0 Å². The van der Waals surface area contributed by atoms with Gasteiger partial charge in [0.05, 0.1) is 0 Å². The average molecular weight is 730 g/mol. The zero-order chi connectivity index (χ0) is 2.00. The Hall–Kier alpha value is 3.94. The Kier molecular flexibility index (Phi) is 114. The summed E-state index contributed by atoms with van der Waals surface area (Å²) >= 11 is 3.44. The first-order chi connectivity index (χ1) is 1.00. The van der Waals surface area contributed by atoms with Gasteiger partial charge in [-0.05, 0) is 0 Å². The molecule has 0 fully saturated rings. The Bertz CT molecular complexity index is 11.6. The molecule has 0 atom stereocenters. The molecule has 0 saturated carbocycles. The van der Waals surface area contributed by atoms with Gasteiger partial charge in [0, 0.05) is 83.4 Å². The minimum atomic E-state index is 0. The molecule has 29 valence electrons. The van der Waals surface area contributed by atoms with Crippen molar-refractivity contribution in [1.82, 2.24) is 0 Å². The fraction of sp³-hybridized carbons (Fsp3) is 0. The van der Waals surface area contributed by atoms with Crippen LogP contribution >= 0.6 is 0 Å². The van der Waals surface area contributed by atoms with Crippen molar-refractivity contribution in [3.63, 3.8) is 0 Å². The molecule has 0 aliphatic rings. The van der Waals surface area contributed by atoms with Crippen LogP contribution in [0.5, 0.6) is 0 Å². The monoisotopic (exact) mass is 731 g/mol. The summed E-state index contributed by atoms with van der Waals surface area (Å²) in [4.78, 5) is 0. The molecule has 0 unspecified atom stereocenters. The fourth-order valence-corrected chi connectivity index (χ4v) is 0. The minimum absolute atomic E-state index is 0. The van der Waals surface area contributed by atoms with Crippen LogP contribution in [0.25, 0.3) is 0 Å². The molecule has 0 aromatic rings. The molecule has 5 heteroatoms. The maximum atomic E-state index is 2.14. The molecule has 0 aromatic heterocycles. The molecule has 0 aliphatic carbocycles. The van der Waals surface area contributed by atoms with Crippen LogP contribution in [0.1, 0.15) is 0 Å². The van der Waals surface area contributed by atoms with Crippen molar-refractivity contribution in [2.75, 3.05) is 0 Å². The van der Waals surface area contributed by atoms with E-state index in [1.54, 1.807) is 0 Å². The van der Waals surface area contributed by atoms with E-state index in [1.807, 2.05) is 0 Å². The molecule has 5 heavy (non-hydrogen) atoms. The summed E-state index contributed by atoms with van der Waals surface area (Å²) in [7, 11) is 0. The minimum Gasteiger partial charge on any atom is 0 e. The second-order valence-electron chi connectivity index (χ2n) is 0. The number of hydrogen-bond acceptors (Lipinski definition) is 0. The Morgan fingerprint density at radius 1 is 1.20 bits per heavy atom. The molecule has 0 saturated heterocycles. The van der Waals surface area contributed by atoms with E-state index < -0.39 is 0 Å². The van der Waals surface area contributed by atoms with Crippen LogP contribution < -0.4 is 0 Å². The molecule has 0 bridgehead atoms. The normalized spacial score (nSPS) is 1.20. The van der Waals surface area contributed by atoms with Gasteiger partial charge in [0.25, 0.3) is 0 Å². The van der Waals surface area contributed by atoms with E-state index in [1.165, 1.54) is 13.8 Å². The van der Waals surface area contributed by atoms with Crippen LogP contribution in [0.4, 0.5) is 0 Å². The third-order valence-corrected chi connectivity index (χ3v) is 0. The third-order valence-electron chi connectivity index (χ3n) is 0. The quantitative estimate of drug-likeness (QED) is 0.284. The predicted octanol–water partition coefficient (Wildman–Crippen LogP) is -0.924. The molecular formula is H2AlIrNbThW. The zero-order valence-electron chi connectivity index (χ0n) is 2.69. The van der Waals surface area contributed by atoms with Gasteiger partial charge in [-0.15, -0.1) is 0 Å². The van der Waals surface area contributed by atoms with Gasteiger partial charge in [-0.25, -0.2) is 0 Å². The van der Waals surface area contributed by atoms with Crippen LogP contribution in [-0.2, 0) is 60.3 Å². The maximum absolute atomic E-state index is 2.14. The van der Waals surface area contributed by atoms with E-state index in [9.17, 15) is 0 Å². The van der Waals surface area contributed by atoms with Gasteiger partial charge in [0.2, 0.25) is 0 Å². The molecule has 0 amide bonds. The summed E-state index contributed by atoms with van der Waals surface area (Å²) < 4.78 is 0. The summed E-state index contributed by atoms with van der Waals surface area (Å²) in [6.07, 6.45) is 0. The summed E-state index contributed by atoms with van der Waals surface area (Å²) in [5.41, 5.74) is 0. The zero-order valence-corrected chi connectivity index (χ0v) is 16.3. The largest absolute Gasteiger partial charge is 0 e. The molecule has 0 aliphatic heterocycles. The third kappa shape index (κ3) is 18.1. The van der Waals surface area contributed by atoms with E-state index in [0.29, 0.717) is 0 Å². The SMILES string of the molecule is [AlH2][Ir].[Nb].[Th].[W]. The van der Waals surface area contributed by atoms with Crippen molar-refractivity contribution < 1.29 is 100 Å². The van der Waals surface area contributed by atoms with Crippen molar-refractivity contribution in [3.8, 4) is 0 Å². The van der Waals surface area contributed by atoms with Crippen LogP contribution in [0.3, 0.4) is 0 Å². The summed E-state index contributed by atoms with van der Waals surface area (Å²) in [6, 6.07) is 0. The smallest absolute Gasteiger partial charge is 0 e. The van der Waals surface area contributed by atoms with Crippen molar-refractivity contribution >= 4 is 13.8 Å². The standard InChI is InChI=1S/Al.Ir.Nb.Th.W.2H. The van der Waals surface area contributed by atoms with Crippen molar-refractivity contribution in [2.45, 2.75) is 0 Å². The Balaban J connectivity index is -0.00000000167. The van der Waals surface area contributed by atoms with Gasteiger partial charge in [-0.1, -0.05) is 0 Å². The summed E-state index contributed by atoms with van der Waals surface area (Å²) in [5.74, 6) is 0. The van der Waals surface area contributed by atoms with Crippen LogP contribution in [0.2, 0.25) is 0 Å². The summed E-state index contributed by atoms with van der Waals surface area (Å²) in [6.45, 7) is 0. The van der Waals surface area contributed by atoms with Crippen molar-refractivity contribution in [1.29, 1.82) is 0 Å². The second kappa shape index (κ2) is 24.6. The topological polar surface area (TPSA) is 0 Å². The number of hydrogen-bond donors (Lipinski definition) is 0. The second-order valence-corrected chi connectivity index (χ2v) is 0. The first-order valence-corrected chi connectivity index (χ1v) is 8.19. The Labute approximate surface area is 111 Å². The van der Waals surface area contributed by atoms with Gasteiger partial charge < -0.3 is 0 Å². The van der Waals surface area contributed by atoms with Crippen LogP contribution in [0.15, 0.2) is 0 Å². The van der Waals surface area contributed by atoms with Crippen LogP contribution in [-0.4, -0.2) is 13.8 Å². The molecule has 0 aromatic carbocycles. The van der Waals surface area contributed by atoms with E-state index in [0.717, 1.165) is 0 Å². The molecule has 0 rings (SSSR count). The fourth-order valence-electron chi connectivity index (χ4n) is 0. The van der Waals surface area contributed by atoms with E-state index in [-0.39, 0.29) is 83.4 Å². The van der Waals surface area contributed by atoms with Gasteiger partial charge >= 0.3 is 30.6 Å². The maximum Gasteiger partial charge on any atom is 0 e. The molecule has 1 radical (unpaired) electrons. The molecule has 0 heterocycles. The van der Waals surface area contributed by atoms with E-state index in [2.05, 4.69) is 16.8 Å². The van der Waals surface area contributed by atoms with Crippen molar-refractivity contribution in [3.05, 3.63) is 0 Å². The van der Waals surface area contributed by atoms with Gasteiger partial charge in [0.1, 0.15) is 0 Å². The molecular weight excluding hydrogens is 728 g/mol. The first kappa shape index (κ1) is 23.1. The van der Waals surface area contributed by atoms with Gasteiger partial charge in [-0.2, -0.15) is 0 Å². The number of rotatable bonds is 0. The summed E-state index contributed by atoms with van der Waals surface area (Å²) in [5, 5.41) is 0. The Morgan fingerprint density at radius 3 is 1.20 bits per heavy atom. The van der Waals surface area contributed by atoms with Crippen LogP contribution in [0, 0.1) is 39.9 Å². The predicted molar refractivity (Wildman–Crippen MR) is 8.54 cm³/mol. The van der Waals surface area contributed by atoms with E-state index >= 15 is 0 Å². The average Bonchev–Trinajstić information content (AvgIpc) is 1.00. The van der Waals surface area contributed by atoms with Crippen molar-refractivity contribution in [2.24, 2.45) is 0 Å². The Morgan fingerprint density at radius 2 is 1.20 bits per heavy atom. The first-order valence-electron chi connectivity index (χ1n) is 0.333. The van der Waals surface area contributed by atoms with E-state index in [4.69, 9.17) is 0 Å². The molecule has 0 nitrogen and oxygen atoms in total. The molecule has 0 spiro atoms. The molecule has 0 N–H and O–H groups in total. The van der Waals surface area contributed by atoms with Gasteiger partial charge in [-0.3, -0.25) is 0 Å².